The van der Waals surface area contributed by atoms with Crippen LogP contribution in [0.25, 0.3) is 10.9 Å². The van der Waals surface area contributed by atoms with Gasteiger partial charge in [0.05, 0.1) is 11.6 Å². The van der Waals surface area contributed by atoms with E-state index in [2.05, 4.69) is 10.3 Å². The summed E-state index contributed by atoms with van der Waals surface area (Å²) in [6.45, 7) is 0.306. The molecule has 2 atom stereocenters. The number of halogens is 1. The second kappa shape index (κ2) is 9.50. The van der Waals surface area contributed by atoms with Crippen molar-refractivity contribution >= 4 is 28.6 Å². The second-order valence-corrected chi connectivity index (χ2v) is 6.71. The van der Waals surface area contributed by atoms with E-state index in [1.54, 1.807) is 6.07 Å². The number of aliphatic hydroxyl groups excluding tert-OH is 2. The average molecular weight is 401 g/mol. The first kappa shape index (κ1) is 20.1. The molecule has 0 aliphatic carbocycles. The van der Waals surface area contributed by atoms with Gasteiger partial charge in [-0.15, -0.1) is 0 Å². The number of carbonyl (C=O) groups is 1. The molecule has 3 rings (SSSR count). The highest BCUT2D eigenvalue weighted by atomic mass is 35.5. The van der Waals surface area contributed by atoms with Gasteiger partial charge in [-0.2, -0.15) is 0 Å². The minimum absolute atomic E-state index is 0.130. The van der Waals surface area contributed by atoms with Crippen LogP contribution in [-0.2, 0) is 11.3 Å². The number of para-hydroxylation sites is 1. The highest BCUT2D eigenvalue weighted by molar-refractivity contribution is 6.30. The largest absolute Gasteiger partial charge is 0.445 e. The Morgan fingerprint density at radius 1 is 1.11 bits per heavy atom. The fourth-order valence-electron chi connectivity index (χ4n) is 2.78. The van der Waals surface area contributed by atoms with E-state index in [-0.39, 0.29) is 24.7 Å². The van der Waals surface area contributed by atoms with Gasteiger partial charge in [-0.1, -0.05) is 60.1 Å². The fraction of sp³-hybridized carbons (Fsp3) is 0.238. The number of alkyl carbamates (subject to hydrolysis) is 1. The maximum atomic E-state index is 11.7. The molecule has 2 unspecified atom stereocenters. The summed E-state index contributed by atoms with van der Waals surface area (Å²) in [6.07, 6.45) is -2.79. The van der Waals surface area contributed by atoms with Gasteiger partial charge in [-0.05, 0) is 24.1 Å². The molecule has 146 valence electrons. The maximum Gasteiger partial charge on any atom is 0.407 e. The molecule has 0 saturated carbocycles. The highest BCUT2D eigenvalue weighted by Gasteiger charge is 2.22. The number of fused-ring (bicyclic) bond motifs is 1. The number of nitrogens with zero attached hydrogens (tertiary/aromatic N) is 1. The summed E-state index contributed by atoms with van der Waals surface area (Å²) in [4.78, 5) is 16.0. The Labute approximate surface area is 167 Å². The molecule has 7 heteroatoms. The SMILES string of the molecule is O=C(NCCC(O)C(O)c1cc2ccccc2nc1Cl)OCc1ccccc1. The summed E-state index contributed by atoms with van der Waals surface area (Å²) < 4.78 is 5.10. The van der Waals surface area contributed by atoms with E-state index < -0.39 is 18.3 Å². The second-order valence-electron chi connectivity index (χ2n) is 6.35. The Morgan fingerprint density at radius 3 is 2.61 bits per heavy atom. The van der Waals surface area contributed by atoms with Crippen molar-refractivity contribution in [3.05, 3.63) is 76.9 Å². The Hall–Kier alpha value is -2.67. The molecule has 3 N–H and O–H groups in total. The van der Waals surface area contributed by atoms with E-state index in [0.717, 1.165) is 10.9 Å². The minimum atomic E-state index is -1.22. The van der Waals surface area contributed by atoms with Gasteiger partial charge >= 0.3 is 6.09 Å². The maximum absolute atomic E-state index is 11.7. The molecular weight excluding hydrogens is 380 g/mol. The van der Waals surface area contributed by atoms with Crippen LogP contribution in [0.3, 0.4) is 0 Å². The van der Waals surface area contributed by atoms with E-state index in [1.165, 1.54) is 0 Å². The van der Waals surface area contributed by atoms with Crippen molar-refractivity contribution in [2.24, 2.45) is 0 Å². The zero-order valence-electron chi connectivity index (χ0n) is 15.1. The molecule has 28 heavy (non-hydrogen) atoms. The van der Waals surface area contributed by atoms with E-state index in [9.17, 15) is 15.0 Å². The average Bonchev–Trinajstić information content (AvgIpc) is 2.72. The summed E-state index contributed by atoms with van der Waals surface area (Å²) in [5.41, 5.74) is 1.94. The predicted molar refractivity (Wildman–Crippen MR) is 107 cm³/mol. The third kappa shape index (κ3) is 5.19. The monoisotopic (exact) mass is 400 g/mol. The first-order valence-electron chi connectivity index (χ1n) is 8.90. The zero-order valence-corrected chi connectivity index (χ0v) is 15.8. The lowest BCUT2D eigenvalue weighted by Gasteiger charge is -2.19. The number of aliphatic hydroxyl groups is 2. The number of carbonyl (C=O) groups excluding carboxylic acids is 1. The number of pyridine rings is 1. The summed E-state index contributed by atoms with van der Waals surface area (Å²) in [6, 6.07) is 18.4. The Kier molecular flexibility index (Phi) is 6.81. The Morgan fingerprint density at radius 2 is 1.82 bits per heavy atom. The van der Waals surface area contributed by atoms with Crippen molar-refractivity contribution in [2.45, 2.75) is 25.2 Å². The van der Waals surface area contributed by atoms with Gasteiger partial charge in [0.2, 0.25) is 0 Å². The minimum Gasteiger partial charge on any atom is -0.445 e. The van der Waals surface area contributed by atoms with Crippen molar-refractivity contribution in [1.82, 2.24) is 10.3 Å². The molecular formula is C21H21ClN2O4. The third-order valence-corrected chi connectivity index (χ3v) is 4.61. The number of hydrogen-bond acceptors (Lipinski definition) is 5. The van der Waals surface area contributed by atoms with Crippen molar-refractivity contribution in [1.29, 1.82) is 0 Å². The van der Waals surface area contributed by atoms with Crippen LogP contribution in [0.5, 0.6) is 0 Å². The molecule has 0 saturated heterocycles. The molecule has 0 radical (unpaired) electrons. The number of rotatable bonds is 7. The van der Waals surface area contributed by atoms with Crippen molar-refractivity contribution in [3.63, 3.8) is 0 Å². The quantitative estimate of drug-likeness (QED) is 0.527. The normalized spacial score (nSPS) is 13.1. The van der Waals surface area contributed by atoms with Gasteiger partial charge in [0, 0.05) is 17.5 Å². The summed E-state index contributed by atoms with van der Waals surface area (Å²) in [7, 11) is 0. The third-order valence-electron chi connectivity index (χ3n) is 4.31. The Balaban J connectivity index is 1.49. The molecule has 6 nitrogen and oxygen atoms in total. The number of benzene rings is 2. The first-order chi connectivity index (χ1) is 13.5. The van der Waals surface area contributed by atoms with Crippen LogP contribution in [0.15, 0.2) is 60.7 Å². The number of amides is 1. The highest BCUT2D eigenvalue weighted by Crippen LogP contribution is 2.28. The smallest absolute Gasteiger partial charge is 0.407 e. The number of hydrogen-bond donors (Lipinski definition) is 3. The molecule has 1 heterocycles. The lowest BCUT2D eigenvalue weighted by atomic mass is 10.0. The topological polar surface area (TPSA) is 91.7 Å². The van der Waals surface area contributed by atoms with Crippen LogP contribution in [0.4, 0.5) is 4.79 Å². The lowest BCUT2D eigenvalue weighted by molar-refractivity contribution is 0.0136. The van der Waals surface area contributed by atoms with Crippen LogP contribution >= 0.6 is 11.6 Å². The van der Waals surface area contributed by atoms with Gasteiger partial charge in [0.15, 0.2) is 0 Å². The summed E-state index contributed by atoms with van der Waals surface area (Å²) in [5.74, 6) is 0. The molecule has 2 aromatic carbocycles. The van der Waals surface area contributed by atoms with Crippen LogP contribution < -0.4 is 5.32 Å². The van der Waals surface area contributed by atoms with E-state index >= 15 is 0 Å². The van der Waals surface area contributed by atoms with Gasteiger partial charge in [0.1, 0.15) is 17.9 Å². The first-order valence-corrected chi connectivity index (χ1v) is 9.28. The van der Waals surface area contributed by atoms with Crippen molar-refractivity contribution in [3.8, 4) is 0 Å². The van der Waals surface area contributed by atoms with Gasteiger partial charge in [-0.3, -0.25) is 0 Å². The number of nitrogens with one attached hydrogen (secondary N) is 1. The standard InChI is InChI=1S/C21H21ClN2O4/c22-20-16(12-15-8-4-5-9-17(15)24-20)19(26)18(25)10-11-23-21(27)28-13-14-6-2-1-3-7-14/h1-9,12,18-19,25-26H,10-11,13H2,(H,23,27). The van der Waals surface area contributed by atoms with Gasteiger partial charge < -0.3 is 20.3 Å². The molecule has 3 aromatic rings. The number of ether oxygens (including phenoxy) is 1. The molecule has 1 amide bonds. The molecule has 1 aromatic heterocycles. The van der Waals surface area contributed by atoms with Crippen LogP contribution in [0.1, 0.15) is 23.7 Å². The van der Waals surface area contributed by atoms with E-state index in [1.807, 2.05) is 54.6 Å². The predicted octanol–water partition coefficient (Wildman–Crippen LogP) is 3.60. The van der Waals surface area contributed by atoms with Crippen LogP contribution in [0.2, 0.25) is 5.15 Å². The molecule has 0 fully saturated rings. The van der Waals surface area contributed by atoms with Crippen LogP contribution in [0, 0.1) is 0 Å². The zero-order chi connectivity index (χ0) is 19.9. The Bertz CT molecular complexity index is 936. The summed E-state index contributed by atoms with van der Waals surface area (Å²) in [5, 5.41) is 24.2. The number of aromatic nitrogens is 1. The van der Waals surface area contributed by atoms with Crippen molar-refractivity contribution < 1.29 is 19.7 Å². The molecule has 0 spiro atoms. The molecule has 0 aliphatic rings. The molecule has 0 aliphatic heterocycles. The van der Waals surface area contributed by atoms with Gasteiger partial charge in [0.25, 0.3) is 0 Å². The lowest BCUT2D eigenvalue weighted by Crippen LogP contribution is -2.30. The van der Waals surface area contributed by atoms with Crippen molar-refractivity contribution in [2.75, 3.05) is 6.54 Å². The van der Waals surface area contributed by atoms with E-state index in [0.29, 0.717) is 11.1 Å². The fourth-order valence-corrected chi connectivity index (χ4v) is 3.03. The molecule has 0 bridgehead atoms. The summed E-state index contributed by atoms with van der Waals surface area (Å²) >= 11 is 6.15. The van der Waals surface area contributed by atoms with Crippen LogP contribution in [-0.4, -0.2) is 33.9 Å². The van der Waals surface area contributed by atoms with E-state index in [4.69, 9.17) is 16.3 Å². The van der Waals surface area contributed by atoms with Gasteiger partial charge in [-0.25, -0.2) is 9.78 Å².